The molecule has 68 valence electrons. The van der Waals surface area contributed by atoms with Crippen LogP contribution in [0.3, 0.4) is 0 Å². The van der Waals surface area contributed by atoms with E-state index in [9.17, 15) is 4.79 Å². The van der Waals surface area contributed by atoms with Gasteiger partial charge in [0.1, 0.15) is 0 Å². The second-order valence-electron chi connectivity index (χ2n) is 1.93. The van der Waals surface area contributed by atoms with Crippen molar-refractivity contribution < 1.29 is 9.53 Å². The zero-order valence-corrected chi connectivity index (χ0v) is 8.44. The van der Waals surface area contributed by atoms with E-state index < -0.39 is 5.97 Å². The van der Waals surface area contributed by atoms with Gasteiger partial charge >= 0.3 is 5.97 Å². The summed E-state index contributed by atoms with van der Waals surface area (Å²) in [5.74, 6) is -0.146. The largest absolute Gasteiger partial charge is 0.462 e. The summed E-state index contributed by atoms with van der Waals surface area (Å²) in [6.45, 7) is 2.07. The van der Waals surface area contributed by atoms with Gasteiger partial charge in [0.05, 0.1) is 17.3 Å². The van der Waals surface area contributed by atoms with Crippen molar-refractivity contribution in [3.8, 4) is 0 Å². The summed E-state index contributed by atoms with van der Waals surface area (Å²) in [7, 11) is 0. The summed E-state index contributed by atoms with van der Waals surface area (Å²) in [6.07, 6.45) is 0. The number of nitrogens with zero attached hydrogens (tertiary/aromatic N) is 2. The molecule has 1 heterocycles. The predicted molar refractivity (Wildman–Crippen MR) is 52.8 cm³/mol. The molecular weight excluding hydrogens is 208 g/mol. The third-order valence-electron chi connectivity index (χ3n) is 1.16. The molecule has 1 aromatic rings. The number of aliphatic imine (C=N–C) groups is 1. The van der Waals surface area contributed by atoms with Crippen LogP contribution in [0.5, 0.6) is 0 Å². The van der Waals surface area contributed by atoms with Gasteiger partial charge in [-0.05, 0) is 19.1 Å². The molecule has 0 aliphatic heterocycles. The molecule has 0 aliphatic carbocycles. The minimum Gasteiger partial charge on any atom is -0.462 e. The molecule has 0 spiro atoms. The minimum absolute atomic E-state index is 0.276. The van der Waals surface area contributed by atoms with E-state index in [1.807, 2.05) is 0 Å². The van der Waals surface area contributed by atoms with E-state index in [0.717, 1.165) is 0 Å². The Morgan fingerprint density at radius 3 is 3.31 bits per heavy atom. The summed E-state index contributed by atoms with van der Waals surface area (Å²) in [5.41, 5.74) is 1.51. The van der Waals surface area contributed by atoms with Crippen molar-refractivity contribution >= 4 is 40.5 Å². The molecule has 6 heteroatoms. The highest BCUT2D eigenvalue weighted by Crippen LogP contribution is 2.21. The molecule has 0 bridgehead atoms. The number of hydrogen-bond acceptors (Lipinski definition) is 6. The Morgan fingerprint density at radius 2 is 2.69 bits per heavy atom. The molecule has 1 rings (SSSR count). The lowest BCUT2D eigenvalue weighted by atomic mass is 10.5. The maximum atomic E-state index is 11.2. The summed E-state index contributed by atoms with van der Waals surface area (Å²) >= 11 is 5.58. The smallest absolute Gasteiger partial charge is 0.352 e. The van der Waals surface area contributed by atoms with Crippen molar-refractivity contribution in [2.45, 2.75) is 6.92 Å². The standard InChI is InChI=1S/C7H6N2O2S2/c1-2-11-7(10)5-6(8-3-12)9-4-13-5/h4H,2H2,1H3. The monoisotopic (exact) mass is 214 g/mol. The molecule has 4 nitrogen and oxygen atoms in total. The first-order valence-corrected chi connectivity index (χ1v) is 4.76. The van der Waals surface area contributed by atoms with E-state index in [0.29, 0.717) is 11.5 Å². The Kier molecular flexibility index (Phi) is 3.70. The minimum atomic E-state index is -0.422. The van der Waals surface area contributed by atoms with Crippen molar-refractivity contribution in [2.75, 3.05) is 6.61 Å². The van der Waals surface area contributed by atoms with E-state index in [2.05, 4.69) is 27.4 Å². The van der Waals surface area contributed by atoms with Gasteiger partial charge in [0.2, 0.25) is 0 Å². The van der Waals surface area contributed by atoms with Gasteiger partial charge in [-0.3, -0.25) is 0 Å². The second-order valence-corrected chi connectivity index (χ2v) is 2.97. The molecule has 0 aromatic carbocycles. The van der Waals surface area contributed by atoms with E-state index in [1.54, 1.807) is 6.92 Å². The molecule has 0 fully saturated rings. The van der Waals surface area contributed by atoms with Crippen molar-refractivity contribution in [1.29, 1.82) is 0 Å². The highest BCUT2D eigenvalue weighted by atomic mass is 32.1. The average Bonchev–Trinajstić information content (AvgIpc) is 2.54. The Balaban J connectivity index is 2.93. The number of ether oxygens (including phenoxy) is 1. The van der Waals surface area contributed by atoms with Crippen LogP contribution in [0.25, 0.3) is 0 Å². The second kappa shape index (κ2) is 4.81. The fourth-order valence-corrected chi connectivity index (χ4v) is 1.40. The highest BCUT2D eigenvalue weighted by molar-refractivity contribution is 7.78. The first-order chi connectivity index (χ1) is 6.29. The van der Waals surface area contributed by atoms with Crippen LogP contribution in [-0.4, -0.2) is 22.7 Å². The third-order valence-corrected chi connectivity index (χ3v) is 2.05. The third kappa shape index (κ3) is 2.42. The van der Waals surface area contributed by atoms with Crippen LogP contribution in [0.1, 0.15) is 16.6 Å². The Labute approximate surface area is 84.3 Å². The van der Waals surface area contributed by atoms with E-state index in [-0.39, 0.29) is 5.82 Å². The SMILES string of the molecule is CCOC(=O)c1scnc1N=C=S. The Morgan fingerprint density at radius 1 is 1.92 bits per heavy atom. The topological polar surface area (TPSA) is 51.5 Å². The number of hydrogen-bond donors (Lipinski definition) is 0. The lowest BCUT2D eigenvalue weighted by Gasteiger charge is -1.97. The van der Waals surface area contributed by atoms with Crippen LogP contribution >= 0.6 is 23.6 Å². The normalized spacial score (nSPS) is 9.00. The van der Waals surface area contributed by atoms with Gasteiger partial charge in [-0.2, -0.15) is 4.99 Å². The van der Waals surface area contributed by atoms with Crippen LogP contribution in [-0.2, 0) is 4.74 Å². The zero-order chi connectivity index (χ0) is 9.68. The maximum Gasteiger partial charge on any atom is 0.352 e. The summed E-state index contributed by atoms with van der Waals surface area (Å²) in [4.78, 5) is 19.1. The van der Waals surface area contributed by atoms with Crippen LogP contribution in [0.4, 0.5) is 5.82 Å². The number of carbonyl (C=O) groups excluding carboxylic acids is 1. The Bertz CT molecular complexity index is 355. The maximum absolute atomic E-state index is 11.2. The van der Waals surface area contributed by atoms with Gasteiger partial charge in [0.25, 0.3) is 0 Å². The number of rotatable bonds is 3. The summed E-state index contributed by atoms with van der Waals surface area (Å²) in [6, 6.07) is 0. The zero-order valence-electron chi connectivity index (χ0n) is 6.81. The average molecular weight is 214 g/mol. The molecular formula is C7H6N2O2S2. The highest BCUT2D eigenvalue weighted by Gasteiger charge is 2.14. The molecule has 0 amide bonds. The van der Waals surface area contributed by atoms with Gasteiger partial charge in [-0.1, -0.05) is 0 Å². The van der Waals surface area contributed by atoms with Crippen LogP contribution in [0.15, 0.2) is 10.5 Å². The number of thiazole rings is 1. The van der Waals surface area contributed by atoms with Gasteiger partial charge in [-0.25, -0.2) is 9.78 Å². The summed E-state index contributed by atoms with van der Waals surface area (Å²) < 4.78 is 4.78. The molecule has 0 unspecified atom stereocenters. The predicted octanol–water partition coefficient (Wildman–Crippen LogP) is 2.05. The van der Waals surface area contributed by atoms with Gasteiger partial charge in [0.15, 0.2) is 10.7 Å². The van der Waals surface area contributed by atoms with Crippen LogP contribution in [0.2, 0.25) is 0 Å². The quantitative estimate of drug-likeness (QED) is 0.439. The lowest BCUT2D eigenvalue weighted by molar-refractivity contribution is 0.0533. The molecule has 0 saturated carbocycles. The number of isothiocyanates is 1. The van der Waals surface area contributed by atoms with Gasteiger partial charge in [0, 0.05) is 0 Å². The Hall–Kier alpha value is -1.10. The number of thiocarbonyl (C=S) groups is 1. The molecule has 0 atom stereocenters. The van der Waals surface area contributed by atoms with E-state index >= 15 is 0 Å². The fourth-order valence-electron chi connectivity index (χ4n) is 0.699. The lowest BCUT2D eigenvalue weighted by Crippen LogP contribution is -2.02. The first-order valence-electron chi connectivity index (χ1n) is 3.48. The molecule has 13 heavy (non-hydrogen) atoms. The van der Waals surface area contributed by atoms with Crippen molar-refractivity contribution in [2.24, 2.45) is 4.99 Å². The molecule has 0 radical (unpaired) electrons. The van der Waals surface area contributed by atoms with Gasteiger partial charge < -0.3 is 4.74 Å². The van der Waals surface area contributed by atoms with Crippen LogP contribution < -0.4 is 0 Å². The molecule has 0 aliphatic rings. The van der Waals surface area contributed by atoms with E-state index in [4.69, 9.17) is 4.74 Å². The molecule has 0 saturated heterocycles. The number of aromatic nitrogens is 1. The molecule has 1 aromatic heterocycles. The number of carbonyl (C=O) groups is 1. The first kappa shape index (κ1) is 9.98. The van der Waals surface area contributed by atoms with Crippen molar-refractivity contribution in [3.05, 3.63) is 10.4 Å². The van der Waals surface area contributed by atoms with E-state index in [1.165, 1.54) is 16.8 Å². The summed E-state index contributed by atoms with van der Waals surface area (Å²) in [5, 5.41) is 2.15. The number of esters is 1. The van der Waals surface area contributed by atoms with Crippen molar-refractivity contribution in [1.82, 2.24) is 4.98 Å². The van der Waals surface area contributed by atoms with Gasteiger partial charge in [-0.15, -0.1) is 11.3 Å². The van der Waals surface area contributed by atoms with Crippen molar-refractivity contribution in [3.63, 3.8) is 0 Å². The fraction of sp³-hybridized carbons (Fsp3) is 0.286. The molecule has 0 N–H and O–H groups in total. The van der Waals surface area contributed by atoms with Crippen LogP contribution in [0, 0.1) is 0 Å².